The highest BCUT2D eigenvalue weighted by Gasteiger charge is 2.34. The minimum Gasteiger partial charge on any atom is -0.478 e. The van der Waals surface area contributed by atoms with Crippen molar-refractivity contribution in [2.75, 3.05) is 14.1 Å². The molecule has 0 aliphatic carbocycles. The van der Waals surface area contributed by atoms with Gasteiger partial charge in [0.05, 0.1) is 5.57 Å². The fraction of sp³-hybridized carbons (Fsp3) is 0.625. The van der Waals surface area contributed by atoms with Crippen LogP contribution in [-0.2, 0) is 4.79 Å². The van der Waals surface area contributed by atoms with E-state index in [1.807, 2.05) is 0 Å². The molecule has 1 unspecified atom stereocenters. The molecule has 0 saturated carbocycles. The van der Waals surface area contributed by atoms with E-state index in [2.05, 4.69) is 6.58 Å². The highest BCUT2D eigenvalue weighted by Crippen LogP contribution is 2.21. The van der Waals surface area contributed by atoms with Crippen LogP contribution in [0.5, 0.6) is 0 Å². The van der Waals surface area contributed by atoms with Crippen LogP contribution < -0.4 is 0 Å². The molecular formula is C8H15NO3. The van der Waals surface area contributed by atoms with Gasteiger partial charge in [-0.05, 0) is 20.5 Å². The fourth-order valence-electron chi connectivity index (χ4n) is 0.971. The van der Waals surface area contributed by atoms with Crippen molar-refractivity contribution in [3.63, 3.8) is 0 Å². The molecule has 0 bridgehead atoms. The number of carboxylic acids is 1. The van der Waals surface area contributed by atoms with Crippen LogP contribution in [0, 0.1) is 0 Å². The van der Waals surface area contributed by atoms with Gasteiger partial charge in [0.15, 0.2) is 0 Å². The van der Waals surface area contributed by atoms with Crippen LogP contribution in [0.4, 0.5) is 0 Å². The second-order valence-corrected chi connectivity index (χ2v) is 2.85. The quantitative estimate of drug-likeness (QED) is 0.474. The lowest BCUT2D eigenvalue weighted by atomic mass is 10.0. The zero-order valence-electron chi connectivity index (χ0n) is 7.66. The Hall–Kier alpha value is -0.870. The van der Waals surface area contributed by atoms with Crippen LogP contribution >= 0.6 is 0 Å². The Morgan fingerprint density at radius 2 is 2.00 bits per heavy atom. The Labute approximate surface area is 72.1 Å². The van der Waals surface area contributed by atoms with Crippen molar-refractivity contribution in [1.29, 1.82) is 0 Å². The first-order valence-corrected chi connectivity index (χ1v) is 3.68. The monoisotopic (exact) mass is 173 g/mol. The van der Waals surface area contributed by atoms with Gasteiger partial charge >= 0.3 is 5.97 Å². The topological polar surface area (TPSA) is 60.8 Å². The van der Waals surface area contributed by atoms with Crippen molar-refractivity contribution in [3.05, 3.63) is 12.2 Å². The van der Waals surface area contributed by atoms with E-state index in [1.54, 1.807) is 21.0 Å². The second kappa shape index (κ2) is 3.69. The summed E-state index contributed by atoms with van der Waals surface area (Å²) in [4.78, 5) is 12.0. The van der Waals surface area contributed by atoms with Gasteiger partial charge in [-0.3, -0.25) is 4.90 Å². The molecule has 4 nitrogen and oxygen atoms in total. The van der Waals surface area contributed by atoms with E-state index in [-0.39, 0.29) is 5.57 Å². The number of hydrogen-bond donors (Lipinski definition) is 2. The summed E-state index contributed by atoms with van der Waals surface area (Å²) in [5.74, 6) is -1.17. The molecule has 0 fully saturated rings. The maximum Gasteiger partial charge on any atom is 0.335 e. The normalized spacial score (nSPS) is 15.8. The van der Waals surface area contributed by atoms with E-state index in [0.717, 1.165) is 0 Å². The van der Waals surface area contributed by atoms with Gasteiger partial charge in [0, 0.05) is 0 Å². The maximum absolute atomic E-state index is 10.5. The number of aliphatic hydroxyl groups is 1. The third-order valence-electron chi connectivity index (χ3n) is 1.97. The molecule has 0 heterocycles. The van der Waals surface area contributed by atoms with E-state index in [1.165, 1.54) is 4.90 Å². The molecule has 0 aromatic rings. The Kier molecular flexibility index (Phi) is 3.42. The Bertz CT molecular complexity index is 200. The van der Waals surface area contributed by atoms with Crippen LogP contribution in [0.25, 0.3) is 0 Å². The average Bonchev–Trinajstić information content (AvgIpc) is 2.01. The molecule has 0 aliphatic heterocycles. The summed E-state index contributed by atoms with van der Waals surface area (Å²) >= 11 is 0. The fourth-order valence-corrected chi connectivity index (χ4v) is 0.971. The Balaban J connectivity index is 4.76. The molecule has 4 heteroatoms. The number of aliphatic carboxylic acids is 1. The minimum absolute atomic E-state index is 0.199. The van der Waals surface area contributed by atoms with Crippen molar-refractivity contribution in [2.24, 2.45) is 0 Å². The number of rotatable bonds is 4. The van der Waals surface area contributed by atoms with Gasteiger partial charge in [0.25, 0.3) is 0 Å². The van der Waals surface area contributed by atoms with Crippen LogP contribution in [0.3, 0.4) is 0 Å². The largest absolute Gasteiger partial charge is 0.478 e. The molecule has 1 atom stereocenters. The lowest BCUT2D eigenvalue weighted by Gasteiger charge is -2.33. The summed E-state index contributed by atoms with van der Waals surface area (Å²) in [7, 11) is 3.22. The van der Waals surface area contributed by atoms with E-state index < -0.39 is 11.7 Å². The molecule has 0 aromatic carbocycles. The van der Waals surface area contributed by atoms with Crippen molar-refractivity contribution in [1.82, 2.24) is 4.90 Å². The smallest absolute Gasteiger partial charge is 0.335 e. The molecule has 0 radical (unpaired) electrons. The standard InChI is InChI=1S/C8H15NO3/c1-5-8(12,9(3)4)6(2)7(10)11/h12H,2,5H2,1,3-4H3,(H,10,11). The molecule has 2 N–H and O–H groups in total. The highest BCUT2D eigenvalue weighted by atomic mass is 16.4. The van der Waals surface area contributed by atoms with E-state index in [9.17, 15) is 9.90 Å². The summed E-state index contributed by atoms with van der Waals surface area (Å²) in [6, 6.07) is 0. The van der Waals surface area contributed by atoms with Gasteiger partial charge in [-0.2, -0.15) is 0 Å². The summed E-state index contributed by atoms with van der Waals surface area (Å²) in [5.41, 5.74) is -1.64. The van der Waals surface area contributed by atoms with Gasteiger partial charge in [-0.15, -0.1) is 0 Å². The SMILES string of the molecule is C=C(C(=O)O)C(O)(CC)N(C)C. The average molecular weight is 173 g/mol. The number of nitrogens with zero attached hydrogens (tertiary/aromatic N) is 1. The van der Waals surface area contributed by atoms with Crippen LogP contribution in [0.2, 0.25) is 0 Å². The van der Waals surface area contributed by atoms with Gasteiger partial charge < -0.3 is 10.2 Å². The minimum atomic E-state index is -1.44. The molecule has 0 saturated heterocycles. The first-order valence-electron chi connectivity index (χ1n) is 3.68. The Morgan fingerprint density at radius 3 is 2.08 bits per heavy atom. The lowest BCUT2D eigenvalue weighted by Crippen LogP contribution is -2.47. The first-order chi connectivity index (χ1) is 5.36. The van der Waals surface area contributed by atoms with Gasteiger partial charge in [0.2, 0.25) is 0 Å². The molecule has 0 spiro atoms. The lowest BCUT2D eigenvalue weighted by molar-refractivity contribution is -0.139. The zero-order chi connectivity index (χ0) is 9.94. The van der Waals surface area contributed by atoms with Gasteiger partial charge in [-0.1, -0.05) is 13.5 Å². The van der Waals surface area contributed by atoms with Gasteiger partial charge in [0.1, 0.15) is 5.72 Å². The summed E-state index contributed by atoms with van der Waals surface area (Å²) in [6.07, 6.45) is 0.297. The van der Waals surface area contributed by atoms with E-state index in [0.29, 0.717) is 6.42 Å². The molecule has 0 aromatic heterocycles. The third-order valence-corrected chi connectivity index (χ3v) is 1.97. The van der Waals surface area contributed by atoms with Crippen molar-refractivity contribution in [3.8, 4) is 0 Å². The molecule has 0 amide bonds. The first kappa shape index (κ1) is 11.1. The van der Waals surface area contributed by atoms with Crippen molar-refractivity contribution < 1.29 is 15.0 Å². The van der Waals surface area contributed by atoms with Crippen LogP contribution in [0.1, 0.15) is 13.3 Å². The van der Waals surface area contributed by atoms with Crippen LogP contribution in [0.15, 0.2) is 12.2 Å². The second-order valence-electron chi connectivity index (χ2n) is 2.85. The Morgan fingerprint density at radius 1 is 1.58 bits per heavy atom. The number of hydrogen-bond acceptors (Lipinski definition) is 3. The molecule has 0 rings (SSSR count). The summed E-state index contributed by atoms with van der Waals surface area (Å²) in [6.45, 7) is 5.03. The van der Waals surface area contributed by atoms with Gasteiger partial charge in [-0.25, -0.2) is 4.79 Å². The van der Waals surface area contributed by atoms with Crippen molar-refractivity contribution in [2.45, 2.75) is 19.1 Å². The number of carboxylic acid groups (broad SMARTS) is 1. The summed E-state index contributed by atoms with van der Waals surface area (Å²) < 4.78 is 0. The molecule has 12 heavy (non-hydrogen) atoms. The van der Waals surface area contributed by atoms with Crippen LogP contribution in [-0.4, -0.2) is 40.9 Å². The predicted molar refractivity (Wildman–Crippen MR) is 45.7 cm³/mol. The summed E-state index contributed by atoms with van der Waals surface area (Å²) in [5, 5.41) is 18.4. The molecular weight excluding hydrogens is 158 g/mol. The maximum atomic E-state index is 10.5. The third kappa shape index (κ3) is 1.84. The molecule has 70 valence electrons. The predicted octanol–water partition coefficient (Wildman–Crippen LogP) is 0.287. The molecule has 0 aliphatic rings. The van der Waals surface area contributed by atoms with E-state index in [4.69, 9.17) is 5.11 Å². The number of likely N-dealkylation sites (N-methyl/N-ethyl adjacent to an activating group) is 1. The van der Waals surface area contributed by atoms with Crippen molar-refractivity contribution >= 4 is 5.97 Å². The van der Waals surface area contributed by atoms with E-state index >= 15 is 0 Å². The highest BCUT2D eigenvalue weighted by molar-refractivity contribution is 5.87. The zero-order valence-corrected chi connectivity index (χ0v) is 7.66. The number of carbonyl (C=O) groups is 1.